The first-order chi connectivity index (χ1) is 9.40. The molecule has 4 heteroatoms. The highest BCUT2D eigenvalue weighted by atomic mass is 19.2. The highest BCUT2D eigenvalue weighted by molar-refractivity contribution is 5.20. The molecule has 0 saturated carbocycles. The summed E-state index contributed by atoms with van der Waals surface area (Å²) in [6.07, 6.45) is 0.112. The lowest BCUT2D eigenvalue weighted by molar-refractivity contribution is -0.0194. The Morgan fingerprint density at radius 1 is 1.20 bits per heavy atom. The summed E-state index contributed by atoms with van der Waals surface area (Å²) < 4.78 is 27.0. The smallest absolute Gasteiger partial charge is 0.162 e. The number of benzene rings is 1. The van der Waals surface area contributed by atoms with E-state index >= 15 is 0 Å². The van der Waals surface area contributed by atoms with Gasteiger partial charge in [0.15, 0.2) is 11.6 Å². The maximum Gasteiger partial charge on any atom is 0.162 e. The number of hydrogen-bond acceptors (Lipinski definition) is 2. The van der Waals surface area contributed by atoms with Crippen LogP contribution in [0.3, 0.4) is 0 Å². The average Bonchev–Trinajstić information content (AvgIpc) is 2.44. The standard InChI is InChI=1S/C16H25F2NO/c1-5-16(4,19(6-2)7-3)14(20)11-12-9-8-10-13(17)15(12)18/h8-10,14,20H,5-7,11H2,1-4H3. The molecule has 0 radical (unpaired) electrons. The third kappa shape index (κ3) is 3.36. The van der Waals surface area contributed by atoms with Gasteiger partial charge in [-0.3, -0.25) is 4.90 Å². The van der Waals surface area contributed by atoms with E-state index in [1.807, 2.05) is 27.7 Å². The fourth-order valence-electron chi connectivity index (χ4n) is 2.75. The highest BCUT2D eigenvalue weighted by Gasteiger charge is 2.36. The molecule has 0 aromatic heterocycles. The number of aliphatic hydroxyl groups excluding tert-OH is 1. The van der Waals surface area contributed by atoms with Crippen LogP contribution in [0.2, 0.25) is 0 Å². The van der Waals surface area contributed by atoms with Crippen molar-refractivity contribution < 1.29 is 13.9 Å². The third-order valence-electron chi connectivity index (χ3n) is 4.36. The lowest BCUT2D eigenvalue weighted by Crippen LogP contribution is -2.55. The Kier molecular flexibility index (Phi) is 6.08. The molecule has 0 saturated heterocycles. The molecule has 0 spiro atoms. The molecule has 114 valence electrons. The van der Waals surface area contributed by atoms with E-state index in [1.54, 1.807) is 0 Å². The summed E-state index contributed by atoms with van der Waals surface area (Å²) in [6.45, 7) is 9.66. The molecule has 0 heterocycles. The topological polar surface area (TPSA) is 23.5 Å². The van der Waals surface area contributed by atoms with E-state index in [-0.39, 0.29) is 12.0 Å². The summed E-state index contributed by atoms with van der Waals surface area (Å²) in [5.41, 5.74) is -0.216. The first-order valence-electron chi connectivity index (χ1n) is 7.26. The van der Waals surface area contributed by atoms with Gasteiger partial charge in [0.1, 0.15) is 0 Å². The first kappa shape index (κ1) is 17.1. The quantitative estimate of drug-likeness (QED) is 0.830. The Bertz CT molecular complexity index is 434. The predicted octanol–water partition coefficient (Wildman–Crippen LogP) is 3.38. The van der Waals surface area contributed by atoms with Crippen LogP contribution in [0.15, 0.2) is 18.2 Å². The lowest BCUT2D eigenvalue weighted by Gasteiger charge is -2.43. The number of nitrogens with zero attached hydrogens (tertiary/aromatic N) is 1. The van der Waals surface area contributed by atoms with Crippen LogP contribution < -0.4 is 0 Å². The zero-order chi connectivity index (χ0) is 15.3. The van der Waals surface area contributed by atoms with E-state index in [9.17, 15) is 13.9 Å². The van der Waals surface area contributed by atoms with Gasteiger partial charge >= 0.3 is 0 Å². The summed E-state index contributed by atoms with van der Waals surface area (Å²) in [6, 6.07) is 4.09. The van der Waals surface area contributed by atoms with Crippen LogP contribution in [0, 0.1) is 11.6 Å². The van der Waals surface area contributed by atoms with Crippen molar-refractivity contribution in [1.82, 2.24) is 4.90 Å². The molecule has 0 bridgehead atoms. The van der Waals surface area contributed by atoms with E-state index in [0.717, 1.165) is 25.6 Å². The molecule has 2 atom stereocenters. The monoisotopic (exact) mass is 285 g/mol. The van der Waals surface area contributed by atoms with Gasteiger partial charge in [0, 0.05) is 12.0 Å². The second-order valence-corrected chi connectivity index (χ2v) is 5.32. The minimum atomic E-state index is -0.865. The lowest BCUT2D eigenvalue weighted by atomic mass is 9.85. The van der Waals surface area contributed by atoms with Crippen molar-refractivity contribution >= 4 is 0 Å². The number of likely N-dealkylation sites (N-methyl/N-ethyl adjacent to an activating group) is 1. The molecule has 20 heavy (non-hydrogen) atoms. The minimum absolute atomic E-state index is 0.116. The molecule has 1 rings (SSSR count). The summed E-state index contributed by atoms with van der Waals surface area (Å²) in [5.74, 6) is -1.72. The number of rotatable bonds is 7. The van der Waals surface area contributed by atoms with Crippen molar-refractivity contribution in [3.8, 4) is 0 Å². The van der Waals surface area contributed by atoms with Gasteiger partial charge in [0.05, 0.1) is 6.10 Å². The van der Waals surface area contributed by atoms with Crippen LogP contribution in [0.25, 0.3) is 0 Å². The first-order valence-corrected chi connectivity index (χ1v) is 7.26. The molecule has 2 unspecified atom stereocenters. The van der Waals surface area contributed by atoms with Gasteiger partial charge in [-0.15, -0.1) is 0 Å². The zero-order valence-electron chi connectivity index (χ0n) is 12.8. The Balaban J connectivity index is 2.97. The molecule has 1 N–H and O–H groups in total. The Morgan fingerprint density at radius 2 is 1.80 bits per heavy atom. The summed E-state index contributed by atoms with van der Waals surface area (Å²) in [4.78, 5) is 2.16. The predicted molar refractivity (Wildman–Crippen MR) is 77.7 cm³/mol. The van der Waals surface area contributed by atoms with Crippen molar-refractivity contribution in [1.29, 1.82) is 0 Å². The van der Waals surface area contributed by atoms with Gasteiger partial charge in [-0.05, 0) is 38.1 Å². The van der Waals surface area contributed by atoms with Gasteiger partial charge in [0.25, 0.3) is 0 Å². The van der Waals surface area contributed by atoms with Crippen LogP contribution in [-0.4, -0.2) is 34.7 Å². The van der Waals surface area contributed by atoms with E-state index in [4.69, 9.17) is 0 Å². The molecular formula is C16H25F2NO. The Hall–Kier alpha value is -1.00. The average molecular weight is 285 g/mol. The fourth-order valence-corrected chi connectivity index (χ4v) is 2.75. The minimum Gasteiger partial charge on any atom is -0.391 e. The Labute approximate surface area is 120 Å². The molecule has 0 amide bonds. The fraction of sp³-hybridized carbons (Fsp3) is 0.625. The van der Waals surface area contributed by atoms with Crippen LogP contribution in [0.1, 0.15) is 39.7 Å². The third-order valence-corrected chi connectivity index (χ3v) is 4.36. The summed E-state index contributed by atoms with van der Waals surface area (Å²) in [7, 11) is 0. The van der Waals surface area contributed by atoms with Gasteiger partial charge in [-0.1, -0.05) is 32.9 Å². The summed E-state index contributed by atoms with van der Waals surface area (Å²) in [5, 5.41) is 10.5. The summed E-state index contributed by atoms with van der Waals surface area (Å²) >= 11 is 0. The largest absolute Gasteiger partial charge is 0.391 e. The maximum atomic E-state index is 13.7. The van der Waals surface area contributed by atoms with Gasteiger partial charge in [0.2, 0.25) is 0 Å². The normalized spacial score (nSPS) is 16.2. The van der Waals surface area contributed by atoms with E-state index < -0.39 is 23.3 Å². The highest BCUT2D eigenvalue weighted by Crippen LogP contribution is 2.27. The zero-order valence-corrected chi connectivity index (χ0v) is 12.8. The molecule has 0 aliphatic rings. The van der Waals surface area contributed by atoms with E-state index in [2.05, 4.69) is 4.90 Å². The molecule has 1 aromatic rings. The second-order valence-electron chi connectivity index (χ2n) is 5.32. The van der Waals surface area contributed by atoms with Crippen molar-refractivity contribution in [2.45, 2.75) is 52.2 Å². The molecule has 2 nitrogen and oxygen atoms in total. The molecular weight excluding hydrogens is 260 g/mol. The van der Waals surface area contributed by atoms with Gasteiger partial charge in [-0.2, -0.15) is 0 Å². The van der Waals surface area contributed by atoms with Crippen molar-refractivity contribution in [3.05, 3.63) is 35.4 Å². The van der Waals surface area contributed by atoms with Gasteiger partial charge in [-0.25, -0.2) is 8.78 Å². The van der Waals surface area contributed by atoms with Crippen molar-refractivity contribution in [2.24, 2.45) is 0 Å². The second kappa shape index (κ2) is 7.14. The SMILES string of the molecule is CCN(CC)C(C)(CC)C(O)Cc1cccc(F)c1F. The van der Waals surface area contributed by atoms with Crippen LogP contribution in [0.4, 0.5) is 8.78 Å². The number of halogens is 2. The van der Waals surface area contributed by atoms with Crippen LogP contribution >= 0.6 is 0 Å². The van der Waals surface area contributed by atoms with E-state index in [0.29, 0.717) is 0 Å². The maximum absolute atomic E-state index is 13.7. The molecule has 0 aliphatic heterocycles. The number of hydrogen-bond donors (Lipinski definition) is 1. The number of aliphatic hydroxyl groups is 1. The molecule has 0 aliphatic carbocycles. The molecule has 1 aromatic carbocycles. The van der Waals surface area contributed by atoms with Gasteiger partial charge < -0.3 is 5.11 Å². The van der Waals surface area contributed by atoms with Crippen LogP contribution in [0.5, 0.6) is 0 Å². The Morgan fingerprint density at radius 3 is 2.30 bits per heavy atom. The van der Waals surface area contributed by atoms with Crippen molar-refractivity contribution in [2.75, 3.05) is 13.1 Å². The van der Waals surface area contributed by atoms with Crippen LogP contribution in [-0.2, 0) is 6.42 Å². The van der Waals surface area contributed by atoms with E-state index in [1.165, 1.54) is 12.1 Å². The van der Waals surface area contributed by atoms with Crippen molar-refractivity contribution in [3.63, 3.8) is 0 Å². The molecule has 0 fully saturated rings.